The van der Waals surface area contributed by atoms with E-state index in [4.69, 9.17) is 18.9 Å². The van der Waals surface area contributed by atoms with Crippen LogP contribution in [0.3, 0.4) is 0 Å². The molecule has 26 heavy (non-hydrogen) atoms. The van der Waals surface area contributed by atoms with Crippen molar-refractivity contribution in [2.45, 2.75) is 12.5 Å². The Morgan fingerprint density at radius 3 is 2.15 bits per heavy atom. The normalized spacial score (nSPS) is 15.8. The molecule has 1 aliphatic heterocycles. The minimum atomic E-state index is -0.363. The summed E-state index contributed by atoms with van der Waals surface area (Å²) < 4.78 is 21.2. The molecule has 6 heteroatoms. The Bertz CT molecular complexity index is 783. The number of hydrogen-bond donors (Lipinski definition) is 0. The van der Waals surface area contributed by atoms with Crippen LogP contribution in [0.25, 0.3) is 0 Å². The molecule has 0 N–H and O–H groups in total. The Kier molecular flexibility index (Phi) is 5.21. The van der Waals surface area contributed by atoms with Crippen molar-refractivity contribution in [1.82, 2.24) is 4.90 Å². The topological polar surface area (TPSA) is 57.2 Å². The summed E-state index contributed by atoms with van der Waals surface area (Å²) in [5.41, 5.74) is 3.09. The molecule has 3 rings (SSSR count). The van der Waals surface area contributed by atoms with E-state index in [1.165, 1.54) is 7.11 Å². The van der Waals surface area contributed by atoms with E-state index in [9.17, 15) is 4.79 Å². The summed E-state index contributed by atoms with van der Waals surface area (Å²) in [6, 6.07) is 11.3. The van der Waals surface area contributed by atoms with E-state index in [1.54, 1.807) is 26.2 Å². The molecular weight excluding hydrogens is 334 g/mol. The molecular formula is C20H23NO5. The van der Waals surface area contributed by atoms with Gasteiger partial charge in [-0.25, -0.2) is 4.79 Å². The van der Waals surface area contributed by atoms with Gasteiger partial charge in [0.1, 0.15) is 17.2 Å². The number of fused-ring (bicyclic) bond motifs is 1. The van der Waals surface area contributed by atoms with Crippen LogP contribution in [0, 0.1) is 0 Å². The van der Waals surface area contributed by atoms with Gasteiger partial charge in [-0.3, -0.25) is 4.90 Å². The highest BCUT2D eigenvalue weighted by Crippen LogP contribution is 2.39. The predicted octanol–water partition coefficient (Wildman–Crippen LogP) is 3.43. The molecule has 1 unspecified atom stereocenters. The van der Waals surface area contributed by atoms with Gasteiger partial charge in [-0.05, 0) is 47.4 Å². The van der Waals surface area contributed by atoms with Gasteiger partial charge in [0.15, 0.2) is 0 Å². The molecule has 0 saturated heterocycles. The van der Waals surface area contributed by atoms with Gasteiger partial charge in [0, 0.05) is 12.6 Å². The van der Waals surface area contributed by atoms with Gasteiger partial charge in [-0.1, -0.05) is 6.07 Å². The molecule has 0 radical (unpaired) electrons. The van der Waals surface area contributed by atoms with Crippen molar-refractivity contribution in [1.29, 1.82) is 0 Å². The zero-order valence-corrected chi connectivity index (χ0v) is 15.4. The number of nitrogens with zero attached hydrogens (tertiary/aromatic N) is 1. The van der Waals surface area contributed by atoms with Crippen LogP contribution in [-0.4, -0.2) is 46.0 Å². The summed E-state index contributed by atoms with van der Waals surface area (Å²) in [7, 11) is 6.26. The van der Waals surface area contributed by atoms with Gasteiger partial charge in [0.05, 0.1) is 34.5 Å². The number of benzene rings is 2. The van der Waals surface area contributed by atoms with E-state index < -0.39 is 0 Å². The Morgan fingerprint density at radius 2 is 1.58 bits per heavy atom. The van der Waals surface area contributed by atoms with E-state index in [0.717, 1.165) is 28.9 Å². The van der Waals surface area contributed by atoms with Crippen molar-refractivity contribution in [2.75, 3.05) is 35.0 Å². The highest BCUT2D eigenvalue weighted by Gasteiger charge is 2.33. The lowest BCUT2D eigenvalue weighted by molar-refractivity contribution is 0.109. The third-order valence-corrected chi connectivity index (χ3v) is 4.68. The van der Waals surface area contributed by atoms with Crippen molar-refractivity contribution >= 4 is 6.09 Å². The second kappa shape index (κ2) is 7.56. The third kappa shape index (κ3) is 3.27. The quantitative estimate of drug-likeness (QED) is 0.839. The van der Waals surface area contributed by atoms with E-state index in [2.05, 4.69) is 0 Å². The first-order chi connectivity index (χ1) is 12.6. The van der Waals surface area contributed by atoms with Crippen LogP contribution in [0.1, 0.15) is 22.7 Å². The Hall–Kier alpha value is -2.89. The SMILES string of the molecule is COC(=O)N1CCc2cc(OC)ccc2C1c1cc(OC)cc(OC)c1. The molecule has 1 heterocycles. The zero-order chi connectivity index (χ0) is 18.7. The molecule has 0 aromatic heterocycles. The second-order valence-corrected chi connectivity index (χ2v) is 6.03. The maximum Gasteiger partial charge on any atom is 0.410 e. The lowest BCUT2D eigenvalue weighted by Gasteiger charge is -2.37. The van der Waals surface area contributed by atoms with Crippen LogP contribution in [0.5, 0.6) is 17.2 Å². The molecule has 1 aliphatic rings. The number of rotatable bonds is 4. The summed E-state index contributed by atoms with van der Waals surface area (Å²) in [4.78, 5) is 14.1. The van der Waals surface area contributed by atoms with Gasteiger partial charge >= 0.3 is 6.09 Å². The van der Waals surface area contributed by atoms with Crippen LogP contribution >= 0.6 is 0 Å². The van der Waals surface area contributed by atoms with Crippen LogP contribution in [0.15, 0.2) is 36.4 Å². The molecule has 1 atom stereocenters. The van der Waals surface area contributed by atoms with Crippen molar-refractivity contribution in [2.24, 2.45) is 0 Å². The van der Waals surface area contributed by atoms with E-state index in [-0.39, 0.29) is 12.1 Å². The highest BCUT2D eigenvalue weighted by molar-refractivity contribution is 5.70. The average molecular weight is 357 g/mol. The average Bonchev–Trinajstić information content (AvgIpc) is 2.71. The van der Waals surface area contributed by atoms with E-state index in [0.29, 0.717) is 18.0 Å². The van der Waals surface area contributed by atoms with E-state index in [1.807, 2.05) is 36.4 Å². The Labute approximate surface area is 153 Å². The molecule has 0 bridgehead atoms. The summed E-state index contributed by atoms with van der Waals surface area (Å²) in [5, 5.41) is 0. The maximum atomic E-state index is 12.4. The van der Waals surface area contributed by atoms with Crippen molar-refractivity contribution in [3.63, 3.8) is 0 Å². The first kappa shape index (κ1) is 17.9. The molecule has 0 aliphatic carbocycles. The summed E-state index contributed by atoms with van der Waals surface area (Å²) in [6.07, 6.45) is 0.373. The highest BCUT2D eigenvalue weighted by atomic mass is 16.5. The molecule has 2 aromatic carbocycles. The van der Waals surface area contributed by atoms with Crippen molar-refractivity contribution < 1.29 is 23.7 Å². The molecule has 0 saturated carbocycles. The number of amides is 1. The number of carbonyl (C=O) groups excluding carboxylic acids is 1. The fraction of sp³-hybridized carbons (Fsp3) is 0.350. The Morgan fingerprint density at radius 1 is 0.923 bits per heavy atom. The number of carbonyl (C=O) groups is 1. The first-order valence-corrected chi connectivity index (χ1v) is 8.35. The molecule has 0 fully saturated rings. The Balaban J connectivity index is 2.15. The largest absolute Gasteiger partial charge is 0.497 e. The van der Waals surface area contributed by atoms with Gasteiger partial charge < -0.3 is 18.9 Å². The van der Waals surface area contributed by atoms with Gasteiger partial charge in [-0.15, -0.1) is 0 Å². The smallest absolute Gasteiger partial charge is 0.410 e. The lowest BCUT2D eigenvalue weighted by atomic mass is 9.88. The minimum Gasteiger partial charge on any atom is -0.497 e. The van der Waals surface area contributed by atoms with E-state index >= 15 is 0 Å². The molecule has 6 nitrogen and oxygen atoms in total. The second-order valence-electron chi connectivity index (χ2n) is 6.03. The van der Waals surface area contributed by atoms with Crippen LogP contribution < -0.4 is 14.2 Å². The van der Waals surface area contributed by atoms with Crippen LogP contribution in [0.2, 0.25) is 0 Å². The molecule has 0 spiro atoms. The zero-order valence-electron chi connectivity index (χ0n) is 15.4. The summed E-state index contributed by atoms with van der Waals surface area (Å²) in [6.45, 7) is 0.553. The van der Waals surface area contributed by atoms with Gasteiger partial charge in [0.25, 0.3) is 0 Å². The molecule has 2 aromatic rings. The minimum absolute atomic E-state index is 0.291. The van der Waals surface area contributed by atoms with Crippen LogP contribution in [-0.2, 0) is 11.2 Å². The molecule has 138 valence electrons. The van der Waals surface area contributed by atoms with Crippen molar-refractivity contribution in [3.8, 4) is 17.2 Å². The standard InChI is InChI=1S/C20H23NO5/c1-23-15-5-6-18-13(9-15)7-8-21(20(22)26-4)19(18)14-10-16(24-2)12-17(11-14)25-3/h5-6,9-12,19H,7-8H2,1-4H3. The summed E-state index contributed by atoms with van der Waals surface area (Å²) in [5.74, 6) is 2.15. The fourth-order valence-electron chi connectivity index (χ4n) is 3.39. The number of hydrogen-bond acceptors (Lipinski definition) is 5. The first-order valence-electron chi connectivity index (χ1n) is 8.35. The number of ether oxygens (including phenoxy) is 4. The van der Waals surface area contributed by atoms with Gasteiger partial charge in [0.2, 0.25) is 0 Å². The van der Waals surface area contributed by atoms with Crippen LogP contribution in [0.4, 0.5) is 4.79 Å². The number of methoxy groups -OCH3 is 4. The van der Waals surface area contributed by atoms with Crippen molar-refractivity contribution in [3.05, 3.63) is 53.1 Å². The monoisotopic (exact) mass is 357 g/mol. The maximum absolute atomic E-state index is 12.4. The lowest BCUT2D eigenvalue weighted by Crippen LogP contribution is -2.40. The van der Waals surface area contributed by atoms with Gasteiger partial charge in [-0.2, -0.15) is 0 Å². The fourth-order valence-corrected chi connectivity index (χ4v) is 3.39. The third-order valence-electron chi connectivity index (χ3n) is 4.68. The predicted molar refractivity (Wildman–Crippen MR) is 97.2 cm³/mol. The summed E-state index contributed by atoms with van der Waals surface area (Å²) >= 11 is 0. The molecule has 1 amide bonds.